The Morgan fingerprint density at radius 1 is 1.21 bits per heavy atom. The minimum absolute atomic E-state index is 0.0240. The molecule has 0 amide bonds. The number of H-pyrrole nitrogens is 1. The summed E-state index contributed by atoms with van der Waals surface area (Å²) in [5.41, 5.74) is 10.3. The Kier molecular flexibility index (Phi) is 10.5. The average molecular weight is 530 g/mol. The molecule has 3 heterocycles. The molecule has 1 fully saturated rings. The summed E-state index contributed by atoms with van der Waals surface area (Å²) in [6, 6.07) is 9.80. The number of aliphatic imine (C=N–C) groups is 1. The number of aliphatic hydroxyl groups is 1. The summed E-state index contributed by atoms with van der Waals surface area (Å²) in [4.78, 5) is 20.4. The van der Waals surface area contributed by atoms with Crippen LogP contribution in [0.5, 0.6) is 0 Å². The normalized spacial score (nSPS) is 13.5. The molecule has 1 aromatic carbocycles. The highest BCUT2D eigenvalue weighted by Gasteiger charge is 2.22. The van der Waals surface area contributed by atoms with Crippen molar-refractivity contribution in [3.8, 4) is 6.07 Å². The zero-order chi connectivity index (χ0) is 28.2. The molecular weight excluding hydrogens is 497 g/mol. The van der Waals surface area contributed by atoms with Crippen LogP contribution in [0.4, 0.5) is 10.3 Å². The van der Waals surface area contributed by atoms with Gasteiger partial charge in [-0.1, -0.05) is 18.7 Å². The number of rotatable bonds is 8. The number of halogens is 1. The number of hydrogen-bond donors (Lipinski definition) is 4. The van der Waals surface area contributed by atoms with Crippen LogP contribution in [0, 0.1) is 22.6 Å². The molecule has 2 aromatic heterocycles. The highest BCUT2D eigenvalue weighted by molar-refractivity contribution is 6.10. The smallest absolute Gasteiger partial charge is 0.225 e. The number of piperazine rings is 1. The number of nitrogens with two attached hydrogens (primary N) is 1. The molecule has 0 unspecified atom stereocenters. The van der Waals surface area contributed by atoms with Crippen molar-refractivity contribution in [2.45, 2.75) is 6.92 Å². The minimum Gasteiger partial charge on any atom is -0.404 e. The number of amidine groups is 1. The van der Waals surface area contributed by atoms with Crippen molar-refractivity contribution in [2.75, 3.05) is 44.2 Å². The fourth-order valence-corrected chi connectivity index (χ4v) is 3.89. The fourth-order valence-electron chi connectivity index (χ4n) is 3.89. The number of nitrogens with one attached hydrogen (secondary N) is 2. The first kappa shape index (κ1) is 28.7. The summed E-state index contributed by atoms with van der Waals surface area (Å²) in [5.74, 6) is 0.734. The number of aromatic nitrogens is 3. The summed E-state index contributed by atoms with van der Waals surface area (Å²) in [6.45, 7) is 8.46. The Hall–Kier alpha value is -4.82. The maximum atomic E-state index is 13.2. The molecule has 0 atom stereocenters. The predicted molar refractivity (Wildman–Crippen MR) is 152 cm³/mol. The second-order valence-corrected chi connectivity index (χ2v) is 8.49. The van der Waals surface area contributed by atoms with Crippen LogP contribution in [0.1, 0.15) is 29.3 Å². The van der Waals surface area contributed by atoms with Gasteiger partial charge >= 0.3 is 0 Å². The first-order chi connectivity index (χ1) is 18.9. The van der Waals surface area contributed by atoms with E-state index in [9.17, 15) is 4.39 Å². The van der Waals surface area contributed by atoms with E-state index in [-0.39, 0.29) is 12.4 Å². The van der Waals surface area contributed by atoms with Crippen molar-refractivity contribution < 1.29 is 9.50 Å². The summed E-state index contributed by atoms with van der Waals surface area (Å²) in [7, 11) is 0. The van der Waals surface area contributed by atoms with Gasteiger partial charge in [0.05, 0.1) is 24.9 Å². The van der Waals surface area contributed by atoms with Crippen LogP contribution in [-0.2, 0) is 0 Å². The van der Waals surface area contributed by atoms with Crippen molar-refractivity contribution in [1.29, 1.82) is 10.7 Å². The number of allylic oxidation sites excluding steroid dienone is 1. The molecule has 10 nitrogen and oxygen atoms in total. The maximum Gasteiger partial charge on any atom is 0.225 e. The van der Waals surface area contributed by atoms with Crippen molar-refractivity contribution in [3.05, 3.63) is 89.9 Å². The van der Waals surface area contributed by atoms with Crippen molar-refractivity contribution >= 4 is 29.1 Å². The van der Waals surface area contributed by atoms with Crippen LogP contribution in [0.25, 0.3) is 11.1 Å². The van der Waals surface area contributed by atoms with E-state index in [1.54, 1.807) is 43.0 Å². The number of aromatic amines is 1. The molecule has 4 rings (SSSR count). The lowest BCUT2D eigenvalue weighted by atomic mass is 10.0. The Morgan fingerprint density at radius 3 is 2.44 bits per heavy atom. The number of nitriles is 1. The van der Waals surface area contributed by atoms with Crippen LogP contribution in [-0.4, -0.2) is 76.3 Å². The lowest BCUT2D eigenvalue weighted by Gasteiger charge is -2.35. The van der Waals surface area contributed by atoms with Gasteiger partial charge in [-0.2, -0.15) is 5.26 Å². The van der Waals surface area contributed by atoms with Crippen LogP contribution >= 0.6 is 0 Å². The molecule has 0 bridgehead atoms. The average Bonchev–Trinajstić information content (AvgIpc) is 3.46. The van der Waals surface area contributed by atoms with Gasteiger partial charge in [0.2, 0.25) is 5.95 Å². The lowest BCUT2D eigenvalue weighted by molar-refractivity contribution is 0.307. The van der Waals surface area contributed by atoms with E-state index in [1.807, 2.05) is 11.0 Å². The second-order valence-electron chi connectivity index (χ2n) is 8.49. The third-order valence-corrected chi connectivity index (χ3v) is 5.97. The number of aliphatic hydroxyl groups excluding tert-OH is 1. The fraction of sp³-hybridized carbons (Fsp3) is 0.250. The maximum absolute atomic E-state index is 13.2. The molecule has 1 aliphatic rings. The molecule has 5 N–H and O–H groups in total. The van der Waals surface area contributed by atoms with E-state index in [4.69, 9.17) is 21.5 Å². The van der Waals surface area contributed by atoms with Crippen molar-refractivity contribution in [2.24, 2.45) is 10.7 Å². The van der Waals surface area contributed by atoms with Crippen molar-refractivity contribution in [3.63, 3.8) is 0 Å². The molecule has 0 radical (unpaired) electrons. The van der Waals surface area contributed by atoms with Gasteiger partial charge in [0, 0.05) is 80.8 Å². The van der Waals surface area contributed by atoms with Crippen molar-refractivity contribution in [1.82, 2.24) is 19.9 Å². The lowest BCUT2D eigenvalue weighted by Crippen LogP contribution is -2.49. The van der Waals surface area contributed by atoms with E-state index >= 15 is 0 Å². The largest absolute Gasteiger partial charge is 0.404 e. The molecule has 0 aliphatic carbocycles. The van der Waals surface area contributed by atoms with Gasteiger partial charge in [0.1, 0.15) is 11.7 Å². The van der Waals surface area contributed by atoms with Gasteiger partial charge in [-0.15, -0.1) is 0 Å². The Morgan fingerprint density at radius 2 is 1.85 bits per heavy atom. The molecule has 0 saturated carbocycles. The Labute approximate surface area is 227 Å². The molecular formula is C28H32FN9O. The molecule has 39 heavy (non-hydrogen) atoms. The Bertz CT molecular complexity index is 1350. The first-order valence-electron chi connectivity index (χ1n) is 12.3. The summed E-state index contributed by atoms with van der Waals surface area (Å²) < 4.78 is 13.2. The first-order valence-corrected chi connectivity index (χ1v) is 12.3. The highest BCUT2D eigenvalue weighted by atomic mass is 19.1. The van der Waals surface area contributed by atoms with Gasteiger partial charge in [-0.05, 0) is 29.3 Å². The van der Waals surface area contributed by atoms with Crippen LogP contribution in [0.2, 0.25) is 0 Å². The summed E-state index contributed by atoms with van der Waals surface area (Å²) in [5, 5.41) is 24.8. The van der Waals surface area contributed by atoms with Crippen LogP contribution in [0.3, 0.4) is 0 Å². The third-order valence-electron chi connectivity index (χ3n) is 5.97. The molecule has 202 valence electrons. The van der Waals surface area contributed by atoms with Gasteiger partial charge < -0.3 is 25.6 Å². The SMILES string of the molecule is C=C(c1ccc(F)cc1)c1cnc(N2CCN(C(=N)c3cc(/C(C=NCCO)=C/N)c[nH]3)CC2)nc1.CC#N. The molecule has 11 heteroatoms. The van der Waals surface area contributed by atoms with E-state index in [1.165, 1.54) is 25.3 Å². The van der Waals surface area contributed by atoms with E-state index in [2.05, 4.69) is 31.4 Å². The number of benzene rings is 1. The zero-order valence-electron chi connectivity index (χ0n) is 21.8. The van der Waals surface area contributed by atoms with Gasteiger partial charge in [0.15, 0.2) is 0 Å². The molecule has 1 aliphatic heterocycles. The predicted octanol–water partition coefficient (Wildman–Crippen LogP) is 3.05. The van der Waals surface area contributed by atoms with E-state index in [0.717, 1.165) is 22.3 Å². The number of anilines is 1. The molecule has 0 spiro atoms. The summed E-state index contributed by atoms with van der Waals surface area (Å²) >= 11 is 0. The Balaban J connectivity index is 0.00000134. The standard InChI is InChI=1S/C26H29FN8O.C2H3N/c1-18(19-2-4-23(27)5-3-19)22-16-32-26(33-17-22)35-9-7-34(8-10-35)25(29)24-12-20(15-31-24)21(13-28)14-30-6-11-36;1-2-3/h2-5,12-17,29,31,36H,1,6-11,28H2;1H3/b21-13+,29-25?,30-14?;. The zero-order valence-corrected chi connectivity index (χ0v) is 21.8. The topological polar surface area (TPSA) is 154 Å². The monoisotopic (exact) mass is 529 g/mol. The molecule has 3 aromatic rings. The van der Waals surface area contributed by atoms with Gasteiger partial charge in [-0.25, -0.2) is 14.4 Å². The van der Waals surface area contributed by atoms with E-state index < -0.39 is 0 Å². The third kappa shape index (κ3) is 7.59. The van der Waals surface area contributed by atoms with E-state index in [0.29, 0.717) is 55.8 Å². The number of hydrogen-bond acceptors (Lipinski definition) is 8. The number of nitrogens with zero attached hydrogens (tertiary/aromatic N) is 6. The van der Waals surface area contributed by atoms with Crippen LogP contribution < -0.4 is 10.6 Å². The highest BCUT2D eigenvalue weighted by Crippen LogP contribution is 2.22. The second kappa shape index (κ2) is 14.2. The minimum atomic E-state index is -0.289. The summed E-state index contributed by atoms with van der Waals surface area (Å²) in [6.07, 6.45) is 8.33. The van der Waals surface area contributed by atoms with Gasteiger partial charge in [-0.3, -0.25) is 10.4 Å². The quantitative estimate of drug-likeness (QED) is 0.258. The molecule has 1 saturated heterocycles. The van der Waals surface area contributed by atoms with Gasteiger partial charge in [0.25, 0.3) is 0 Å². The van der Waals surface area contributed by atoms with Crippen LogP contribution in [0.15, 0.2) is 66.7 Å².